The topological polar surface area (TPSA) is 96.0 Å². The monoisotopic (exact) mass is 553 g/mol. The van der Waals surface area contributed by atoms with Crippen LogP contribution in [0.3, 0.4) is 0 Å². The van der Waals surface area contributed by atoms with Gasteiger partial charge in [0.25, 0.3) is 0 Å². The first-order valence-corrected chi connectivity index (χ1v) is 13.6. The van der Waals surface area contributed by atoms with Gasteiger partial charge in [0.15, 0.2) is 0 Å². The van der Waals surface area contributed by atoms with E-state index in [-0.39, 0.29) is 18.5 Å². The Labute approximate surface area is 210 Å². The second-order valence-corrected chi connectivity index (χ2v) is 10.9. The summed E-state index contributed by atoms with van der Waals surface area (Å²) in [5, 5.41) is 2.90. The van der Waals surface area contributed by atoms with E-state index in [1.54, 1.807) is 50.4 Å². The molecule has 0 fully saturated rings. The molecule has 10 heteroatoms. The normalized spacial score (nSPS) is 13.0. The molecule has 2 aromatic carbocycles. The molecule has 186 valence electrons. The molecular formula is C24H32BrN3O5S. The molecule has 8 nitrogen and oxygen atoms in total. The van der Waals surface area contributed by atoms with Gasteiger partial charge in [-0.15, -0.1) is 0 Å². The number of carbonyl (C=O) groups is 2. The van der Waals surface area contributed by atoms with Crippen LogP contribution in [0.4, 0.5) is 5.69 Å². The minimum Gasteiger partial charge on any atom is -0.497 e. The molecule has 0 aromatic heterocycles. The van der Waals surface area contributed by atoms with Crippen LogP contribution < -0.4 is 14.4 Å². The van der Waals surface area contributed by atoms with Gasteiger partial charge in [-0.25, -0.2) is 8.42 Å². The van der Waals surface area contributed by atoms with E-state index in [0.29, 0.717) is 11.4 Å². The highest BCUT2D eigenvalue weighted by Gasteiger charge is 2.30. The van der Waals surface area contributed by atoms with Gasteiger partial charge in [-0.3, -0.25) is 13.9 Å². The van der Waals surface area contributed by atoms with Gasteiger partial charge in [0.1, 0.15) is 18.3 Å². The Balaban J connectivity index is 2.36. The molecule has 1 N–H and O–H groups in total. The lowest BCUT2D eigenvalue weighted by atomic mass is 10.1. The van der Waals surface area contributed by atoms with E-state index in [2.05, 4.69) is 21.2 Å². The maximum Gasteiger partial charge on any atom is 0.244 e. The fourth-order valence-corrected chi connectivity index (χ4v) is 4.31. The molecule has 0 saturated carbocycles. The summed E-state index contributed by atoms with van der Waals surface area (Å²) in [6.07, 6.45) is 1.80. The summed E-state index contributed by atoms with van der Waals surface area (Å²) in [5.41, 5.74) is 1.15. The van der Waals surface area contributed by atoms with E-state index < -0.39 is 28.5 Å². The third-order valence-corrected chi connectivity index (χ3v) is 7.14. The fourth-order valence-electron chi connectivity index (χ4n) is 3.20. The van der Waals surface area contributed by atoms with Gasteiger partial charge in [-0.1, -0.05) is 35.0 Å². The summed E-state index contributed by atoms with van der Waals surface area (Å²) >= 11 is 3.33. The number of nitrogens with zero attached hydrogens (tertiary/aromatic N) is 2. The van der Waals surface area contributed by atoms with Crippen LogP contribution in [0, 0.1) is 0 Å². The Morgan fingerprint density at radius 1 is 1.06 bits per heavy atom. The van der Waals surface area contributed by atoms with Crippen molar-refractivity contribution in [3.05, 3.63) is 58.6 Å². The molecule has 0 saturated heterocycles. The van der Waals surface area contributed by atoms with Gasteiger partial charge >= 0.3 is 0 Å². The molecule has 0 aliphatic heterocycles. The van der Waals surface area contributed by atoms with Gasteiger partial charge in [-0.05, 0) is 62.2 Å². The number of nitrogens with one attached hydrogen (secondary N) is 1. The van der Waals surface area contributed by atoms with Crippen LogP contribution in [0.1, 0.15) is 32.8 Å². The fraction of sp³-hybridized carbons (Fsp3) is 0.417. The smallest absolute Gasteiger partial charge is 0.244 e. The first kappa shape index (κ1) is 27.7. The van der Waals surface area contributed by atoms with Gasteiger partial charge in [0, 0.05) is 17.1 Å². The van der Waals surface area contributed by atoms with Gasteiger partial charge in [0.05, 0.1) is 19.1 Å². The zero-order valence-electron chi connectivity index (χ0n) is 20.1. The van der Waals surface area contributed by atoms with E-state index in [0.717, 1.165) is 27.0 Å². The third-order valence-electron chi connectivity index (χ3n) is 5.47. The summed E-state index contributed by atoms with van der Waals surface area (Å²) in [5.74, 6) is -0.121. The molecule has 0 heterocycles. The lowest BCUT2D eigenvalue weighted by Crippen LogP contribution is -2.52. The Kier molecular flexibility index (Phi) is 9.93. The van der Waals surface area contributed by atoms with Crippen LogP contribution in [0.25, 0.3) is 0 Å². The number of hydrogen-bond donors (Lipinski definition) is 1. The molecule has 0 aliphatic rings. The summed E-state index contributed by atoms with van der Waals surface area (Å²) in [6, 6.07) is 12.9. The van der Waals surface area contributed by atoms with Gasteiger partial charge in [0.2, 0.25) is 21.8 Å². The Hall–Kier alpha value is -2.59. The molecule has 2 atom stereocenters. The summed E-state index contributed by atoms with van der Waals surface area (Å²) in [7, 11) is -2.19. The predicted molar refractivity (Wildman–Crippen MR) is 137 cm³/mol. The molecule has 2 aromatic rings. The van der Waals surface area contributed by atoms with Crippen molar-refractivity contribution in [1.29, 1.82) is 0 Å². The maximum absolute atomic E-state index is 13.5. The van der Waals surface area contributed by atoms with Crippen LogP contribution in [0.15, 0.2) is 53.0 Å². The standard InChI is InChI=1S/C24H32BrN3O5S/c1-6-17(2)26-24(30)18(3)27(15-19-7-13-22(33-4)14-8-19)23(29)16-28(34(5,31)32)21-11-9-20(25)10-12-21/h7-14,17-18H,6,15-16H2,1-5H3,(H,26,30). The molecular weight excluding hydrogens is 522 g/mol. The molecule has 0 radical (unpaired) electrons. The Bertz CT molecular complexity index is 1070. The number of hydrogen-bond acceptors (Lipinski definition) is 5. The van der Waals surface area contributed by atoms with Crippen molar-refractivity contribution in [2.24, 2.45) is 0 Å². The second kappa shape index (κ2) is 12.2. The van der Waals surface area contributed by atoms with Crippen molar-refractivity contribution < 1.29 is 22.7 Å². The first-order valence-electron chi connectivity index (χ1n) is 10.9. The molecule has 34 heavy (non-hydrogen) atoms. The van der Waals surface area contributed by atoms with Crippen molar-refractivity contribution in [1.82, 2.24) is 10.2 Å². The molecule has 2 rings (SSSR count). The highest BCUT2D eigenvalue weighted by atomic mass is 79.9. The number of ether oxygens (including phenoxy) is 1. The first-order chi connectivity index (χ1) is 16.0. The molecule has 2 unspecified atom stereocenters. The minimum absolute atomic E-state index is 0.0526. The lowest BCUT2D eigenvalue weighted by molar-refractivity contribution is -0.139. The third kappa shape index (κ3) is 7.73. The minimum atomic E-state index is -3.76. The number of anilines is 1. The van der Waals surface area contributed by atoms with E-state index in [9.17, 15) is 18.0 Å². The lowest BCUT2D eigenvalue weighted by Gasteiger charge is -2.32. The van der Waals surface area contributed by atoms with Crippen LogP contribution in [-0.2, 0) is 26.2 Å². The number of sulfonamides is 1. The molecule has 0 aliphatic carbocycles. The summed E-state index contributed by atoms with van der Waals surface area (Å²) in [6.45, 7) is 5.19. The van der Waals surface area contributed by atoms with Crippen LogP contribution in [0.2, 0.25) is 0 Å². The molecule has 0 spiro atoms. The highest BCUT2D eigenvalue weighted by molar-refractivity contribution is 9.10. The number of methoxy groups -OCH3 is 1. The summed E-state index contributed by atoms with van der Waals surface area (Å²) in [4.78, 5) is 27.8. The number of amides is 2. The van der Waals surface area contributed by atoms with Crippen molar-refractivity contribution >= 4 is 43.5 Å². The predicted octanol–water partition coefficient (Wildman–Crippen LogP) is 3.56. The van der Waals surface area contributed by atoms with E-state index in [1.165, 1.54) is 4.90 Å². The summed E-state index contributed by atoms with van der Waals surface area (Å²) < 4.78 is 32.1. The molecule has 0 bridgehead atoms. The largest absolute Gasteiger partial charge is 0.497 e. The Morgan fingerprint density at radius 3 is 2.15 bits per heavy atom. The van der Waals surface area contributed by atoms with E-state index >= 15 is 0 Å². The van der Waals surface area contributed by atoms with Crippen molar-refractivity contribution in [2.45, 2.75) is 45.8 Å². The number of halogens is 1. The van der Waals surface area contributed by atoms with Crippen molar-refractivity contribution in [3.8, 4) is 5.75 Å². The average molecular weight is 555 g/mol. The number of benzene rings is 2. The maximum atomic E-state index is 13.5. The van der Waals surface area contributed by atoms with Crippen LogP contribution >= 0.6 is 15.9 Å². The second-order valence-electron chi connectivity index (χ2n) is 8.11. The SMILES string of the molecule is CCC(C)NC(=O)C(C)N(Cc1ccc(OC)cc1)C(=O)CN(c1ccc(Br)cc1)S(C)(=O)=O. The Morgan fingerprint density at radius 2 is 1.65 bits per heavy atom. The van der Waals surface area contributed by atoms with Gasteiger partial charge in [-0.2, -0.15) is 0 Å². The van der Waals surface area contributed by atoms with E-state index in [4.69, 9.17) is 4.74 Å². The highest BCUT2D eigenvalue weighted by Crippen LogP contribution is 2.22. The zero-order valence-corrected chi connectivity index (χ0v) is 22.5. The van der Waals surface area contributed by atoms with Crippen LogP contribution in [0.5, 0.6) is 5.75 Å². The van der Waals surface area contributed by atoms with Crippen molar-refractivity contribution in [3.63, 3.8) is 0 Å². The molecule has 2 amide bonds. The number of rotatable bonds is 11. The quantitative estimate of drug-likeness (QED) is 0.459. The number of carbonyl (C=O) groups excluding carboxylic acids is 2. The average Bonchev–Trinajstić information content (AvgIpc) is 2.80. The zero-order chi connectivity index (χ0) is 25.5. The van der Waals surface area contributed by atoms with E-state index in [1.807, 2.05) is 26.0 Å². The van der Waals surface area contributed by atoms with Gasteiger partial charge < -0.3 is 15.0 Å². The van der Waals surface area contributed by atoms with Crippen molar-refractivity contribution in [2.75, 3.05) is 24.2 Å². The van der Waals surface area contributed by atoms with Crippen LogP contribution in [-0.4, -0.2) is 57.1 Å².